The number of amides is 2. The predicted octanol–water partition coefficient (Wildman–Crippen LogP) is 3.02. The van der Waals surface area contributed by atoms with Crippen molar-refractivity contribution in [2.45, 2.75) is 51.5 Å². The predicted molar refractivity (Wildman–Crippen MR) is 104 cm³/mol. The van der Waals surface area contributed by atoms with Gasteiger partial charge in [0.25, 0.3) is 0 Å². The summed E-state index contributed by atoms with van der Waals surface area (Å²) < 4.78 is 21.8. The molecule has 7 heteroatoms. The third-order valence-corrected chi connectivity index (χ3v) is 4.94. The Balaban J connectivity index is 2.14. The van der Waals surface area contributed by atoms with Crippen LogP contribution in [-0.2, 0) is 30.2 Å². The summed E-state index contributed by atoms with van der Waals surface area (Å²) in [5.41, 5.74) is 1.04. The van der Waals surface area contributed by atoms with Gasteiger partial charge in [-0.2, -0.15) is 0 Å². The third kappa shape index (κ3) is 5.53. The smallest absolute Gasteiger partial charge is 0.416 e. The maximum Gasteiger partial charge on any atom is 0.416 e. The molecule has 0 spiro atoms. The van der Waals surface area contributed by atoms with E-state index in [2.05, 4.69) is 6.92 Å². The summed E-state index contributed by atoms with van der Waals surface area (Å²) in [5, 5.41) is 0. The van der Waals surface area contributed by atoms with Crippen molar-refractivity contribution in [3.8, 4) is 0 Å². The van der Waals surface area contributed by atoms with E-state index in [0.29, 0.717) is 13.0 Å². The highest BCUT2D eigenvalue weighted by atomic mass is 16.7. The Labute approximate surface area is 166 Å². The first-order valence-corrected chi connectivity index (χ1v) is 9.74. The lowest BCUT2D eigenvalue weighted by molar-refractivity contribution is -0.198. The van der Waals surface area contributed by atoms with Crippen LogP contribution >= 0.6 is 0 Å². The number of nitrogens with zero attached hydrogens (tertiary/aromatic N) is 1. The normalized spacial score (nSPS) is 19.0. The van der Waals surface area contributed by atoms with Crippen molar-refractivity contribution in [1.82, 2.24) is 4.90 Å². The lowest BCUT2D eigenvalue weighted by Crippen LogP contribution is -2.49. The number of imide groups is 1. The summed E-state index contributed by atoms with van der Waals surface area (Å²) in [6.45, 7) is 4.46. The van der Waals surface area contributed by atoms with Crippen LogP contribution in [0.3, 0.4) is 0 Å². The van der Waals surface area contributed by atoms with Crippen LogP contribution in [0.1, 0.15) is 32.3 Å². The van der Waals surface area contributed by atoms with Crippen molar-refractivity contribution in [3.05, 3.63) is 35.9 Å². The number of cyclic esters (lactones) is 1. The zero-order valence-corrected chi connectivity index (χ0v) is 17.1. The van der Waals surface area contributed by atoms with Gasteiger partial charge in [-0.15, -0.1) is 0 Å². The first-order chi connectivity index (χ1) is 13.5. The van der Waals surface area contributed by atoms with Gasteiger partial charge in [0.2, 0.25) is 5.91 Å². The van der Waals surface area contributed by atoms with Gasteiger partial charge in [-0.3, -0.25) is 4.79 Å². The maximum atomic E-state index is 13.2. The molecule has 1 aromatic rings. The van der Waals surface area contributed by atoms with Gasteiger partial charge in [0.1, 0.15) is 12.7 Å². The molecule has 3 atom stereocenters. The van der Waals surface area contributed by atoms with Gasteiger partial charge >= 0.3 is 6.09 Å². The number of carbonyl (C=O) groups is 2. The summed E-state index contributed by atoms with van der Waals surface area (Å²) >= 11 is 0. The average molecular weight is 393 g/mol. The molecular formula is C21H31NO6. The minimum Gasteiger partial charge on any atom is -0.447 e. The second kappa shape index (κ2) is 11.1. The molecule has 1 aliphatic heterocycles. The fourth-order valence-corrected chi connectivity index (χ4v) is 3.31. The quantitative estimate of drug-likeness (QED) is 0.425. The standard InChI is InChI=1S/C21H31NO6/c1-5-6-12-27-18(20(25-3)26-4)15(2)19(23)22-17(14-28-21(22)24)13-16-10-8-7-9-11-16/h7-11,15,17-18,20H,5-6,12-14H2,1-4H3/t15-,17-,18-/m0/s1. The van der Waals surface area contributed by atoms with Gasteiger partial charge in [0, 0.05) is 20.8 Å². The molecule has 0 saturated carbocycles. The molecule has 2 rings (SSSR count). The van der Waals surface area contributed by atoms with Crippen LogP contribution in [0.25, 0.3) is 0 Å². The second-order valence-electron chi connectivity index (χ2n) is 6.95. The molecule has 156 valence electrons. The largest absolute Gasteiger partial charge is 0.447 e. The summed E-state index contributed by atoms with van der Waals surface area (Å²) in [6.07, 6.45) is 0.431. The molecular weight excluding hydrogens is 362 g/mol. The van der Waals surface area contributed by atoms with Crippen molar-refractivity contribution in [2.24, 2.45) is 5.92 Å². The Morgan fingerprint density at radius 3 is 2.54 bits per heavy atom. The SMILES string of the molecule is CCCCO[C@H](C(OC)OC)[C@H](C)C(=O)N1C(=O)OC[C@@H]1Cc1ccccc1. The van der Waals surface area contributed by atoms with Crippen molar-refractivity contribution in [3.63, 3.8) is 0 Å². The Morgan fingerprint density at radius 1 is 1.25 bits per heavy atom. The van der Waals surface area contributed by atoms with E-state index in [-0.39, 0.29) is 18.6 Å². The van der Waals surface area contributed by atoms with Gasteiger partial charge in [-0.1, -0.05) is 50.6 Å². The monoisotopic (exact) mass is 393 g/mol. The lowest BCUT2D eigenvalue weighted by atomic mass is 9.99. The van der Waals surface area contributed by atoms with Gasteiger partial charge in [-0.25, -0.2) is 9.69 Å². The lowest BCUT2D eigenvalue weighted by Gasteiger charge is -2.31. The van der Waals surface area contributed by atoms with Crippen molar-refractivity contribution < 1.29 is 28.5 Å². The topological polar surface area (TPSA) is 74.3 Å². The molecule has 1 aromatic carbocycles. The van der Waals surface area contributed by atoms with E-state index in [4.69, 9.17) is 18.9 Å². The highest BCUT2D eigenvalue weighted by Gasteiger charge is 2.43. The van der Waals surface area contributed by atoms with Crippen LogP contribution in [0.15, 0.2) is 30.3 Å². The summed E-state index contributed by atoms with van der Waals surface area (Å²) in [7, 11) is 3.01. The van der Waals surface area contributed by atoms with Crippen molar-refractivity contribution in [2.75, 3.05) is 27.4 Å². The highest BCUT2D eigenvalue weighted by molar-refractivity contribution is 5.95. The van der Waals surface area contributed by atoms with Gasteiger partial charge < -0.3 is 18.9 Å². The highest BCUT2D eigenvalue weighted by Crippen LogP contribution is 2.24. The first-order valence-electron chi connectivity index (χ1n) is 9.74. The minimum absolute atomic E-state index is 0.186. The van der Waals surface area contributed by atoms with Crippen LogP contribution in [0, 0.1) is 5.92 Å². The zero-order chi connectivity index (χ0) is 20.5. The third-order valence-electron chi connectivity index (χ3n) is 4.94. The van der Waals surface area contributed by atoms with Crippen molar-refractivity contribution in [1.29, 1.82) is 0 Å². The summed E-state index contributed by atoms with van der Waals surface area (Å²) in [6, 6.07) is 9.39. The van der Waals surface area contributed by atoms with E-state index in [0.717, 1.165) is 18.4 Å². The zero-order valence-electron chi connectivity index (χ0n) is 17.1. The molecule has 1 saturated heterocycles. The summed E-state index contributed by atoms with van der Waals surface area (Å²) in [5.74, 6) is -0.977. The molecule has 0 bridgehead atoms. The minimum atomic E-state index is -0.706. The van der Waals surface area contributed by atoms with Crippen LogP contribution < -0.4 is 0 Å². The number of hydrogen-bond donors (Lipinski definition) is 0. The first kappa shape index (κ1) is 22.3. The number of ether oxygens (including phenoxy) is 4. The Morgan fingerprint density at radius 2 is 1.93 bits per heavy atom. The van der Waals surface area contributed by atoms with Gasteiger partial charge in [0.15, 0.2) is 6.29 Å². The number of methoxy groups -OCH3 is 2. The van der Waals surface area contributed by atoms with E-state index in [1.807, 2.05) is 30.3 Å². The molecule has 28 heavy (non-hydrogen) atoms. The van der Waals surface area contributed by atoms with Gasteiger partial charge in [0.05, 0.1) is 12.0 Å². The molecule has 7 nitrogen and oxygen atoms in total. The molecule has 0 aromatic heterocycles. The molecule has 2 amide bonds. The summed E-state index contributed by atoms with van der Waals surface area (Å²) in [4.78, 5) is 26.7. The Bertz CT molecular complexity index is 619. The molecule has 1 fully saturated rings. The molecule has 1 heterocycles. The molecule has 0 radical (unpaired) electrons. The van der Waals surface area contributed by atoms with Crippen LogP contribution in [0.2, 0.25) is 0 Å². The van der Waals surface area contributed by atoms with Gasteiger partial charge in [-0.05, 0) is 18.4 Å². The fraction of sp³-hybridized carbons (Fsp3) is 0.619. The molecule has 0 aliphatic carbocycles. The van der Waals surface area contributed by atoms with Crippen LogP contribution in [0.4, 0.5) is 4.79 Å². The number of unbranched alkanes of at least 4 members (excludes halogenated alkanes) is 1. The average Bonchev–Trinajstić information content (AvgIpc) is 3.07. The molecule has 0 unspecified atom stereocenters. The maximum absolute atomic E-state index is 13.2. The van der Waals surface area contributed by atoms with E-state index in [1.54, 1.807) is 6.92 Å². The molecule has 0 N–H and O–H groups in total. The number of rotatable bonds is 11. The van der Waals surface area contributed by atoms with E-state index in [9.17, 15) is 9.59 Å². The Hall–Kier alpha value is -1.96. The number of hydrogen-bond acceptors (Lipinski definition) is 6. The Kier molecular flexibility index (Phi) is 8.89. The second-order valence-corrected chi connectivity index (χ2v) is 6.95. The van der Waals surface area contributed by atoms with E-state index in [1.165, 1.54) is 19.1 Å². The van der Waals surface area contributed by atoms with Crippen LogP contribution in [-0.4, -0.2) is 62.8 Å². The van der Waals surface area contributed by atoms with Crippen molar-refractivity contribution >= 4 is 12.0 Å². The number of benzene rings is 1. The van der Waals surface area contributed by atoms with E-state index < -0.39 is 24.4 Å². The van der Waals surface area contributed by atoms with Crippen LogP contribution in [0.5, 0.6) is 0 Å². The molecule has 1 aliphatic rings. The fourth-order valence-electron chi connectivity index (χ4n) is 3.31. The van der Waals surface area contributed by atoms with E-state index >= 15 is 0 Å². The number of carbonyl (C=O) groups excluding carboxylic acids is 2.